The Hall–Kier alpha value is -5.78. The van der Waals surface area contributed by atoms with Crippen LogP contribution in [0.1, 0.15) is 53.3 Å². The lowest BCUT2D eigenvalue weighted by Crippen LogP contribution is -2.32. The van der Waals surface area contributed by atoms with Gasteiger partial charge < -0.3 is 75.8 Å². The quantitative estimate of drug-likeness (QED) is 0.0225. The lowest BCUT2D eigenvalue weighted by molar-refractivity contribution is -0.119. The van der Waals surface area contributed by atoms with Crippen LogP contribution in [0.5, 0.6) is 11.5 Å². The van der Waals surface area contributed by atoms with Gasteiger partial charge in [-0.2, -0.15) is 0 Å². The molecule has 62 heavy (non-hydrogen) atoms. The van der Waals surface area contributed by atoms with Crippen LogP contribution >= 0.6 is 23.5 Å². The van der Waals surface area contributed by atoms with Gasteiger partial charge in [-0.3, -0.25) is 24.2 Å². The number of urea groups is 1. The molecule has 3 aromatic rings. The zero-order chi connectivity index (χ0) is 45.3. The van der Waals surface area contributed by atoms with Gasteiger partial charge in [-0.05, 0) is 49.6 Å². The summed E-state index contributed by atoms with van der Waals surface area (Å²) in [7, 11) is 0. The van der Waals surface area contributed by atoms with E-state index in [4.69, 9.17) is 43.9 Å². The number of nitrogens with two attached hydrogens (primary N) is 6. The second-order valence-corrected chi connectivity index (χ2v) is 15.4. The van der Waals surface area contributed by atoms with Crippen molar-refractivity contribution in [3.05, 3.63) is 59.7 Å². The van der Waals surface area contributed by atoms with E-state index in [9.17, 15) is 24.0 Å². The molecule has 3 aromatic carbocycles. The van der Waals surface area contributed by atoms with Gasteiger partial charge >= 0.3 is 6.03 Å². The van der Waals surface area contributed by atoms with Crippen LogP contribution in [-0.4, -0.2) is 106 Å². The first-order chi connectivity index (χ1) is 29.9. The highest BCUT2D eigenvalue weighted by Crippen LogP contribution is 2.38. The van der Waals surface area contributed by atoms with Gasteiger partial charge in [0.2, 0.25) is 11.8 Å². The number of hydrogen-bond acceptors (Lipinski definition) is 14. The maximum Gasteiger partial charge on any atom is 0.319 e. The van der Waals surface area contributed by atoms with E-state index in [0.29, 0.717) is 96.0 Å². The number of aliphatic imine (C=N–C) groups is 1. The number of rotatable bonds is 27. The number of benzene rings is 3. The Bertz CT molecular complexity index is 2000. The molecule has 0 radical (unpaired) electrons. The van der Waals surface area contributed by atoms with Crippen molar-refractivity contribution < 1.29 is 33.4 Å². The predicted octanol–water partition coefficient (Wildman–Crippen LogP) is 2.00. The van der Waals surface area contributed by atoms with Crippen molar-refractivity contribution in [1.82, 2.24) is 10.6 Å². The van der Waals surface area contributed by atoms with E-state index in [1.807, 2.05) is 0 Å². The Morgan fingerprint density at radius 3 is 1.61 bits per heavy atom. The summed E-state index contributed by atoms with van der Waals surface area (Å²) in [5.41, 5.74) is 35.6. The third-order valence-corrected chi connectivity index (χ3v) is 10.6. The van der Waals surface area contributed by atoms with Crippen LogP contribution in [0.25, 0.3) is 0 Å². The van der Waals surface area contributed by atoms with Crippen molar-refractivity contribution in [2.24, 2.45) is 39.4 Å². The van der Waals surface area contributed by atoms with Crippen LogP contribution in [0.4, 0.5) is 27.5 Å². The fourth-order valence-electron chi connectivity index (χ4n) is 5.51. The van der Waals surface area contributed by atoms with Gasteiger partial charge in [0.15, 0.2) is 5.96 Å². The Balaban J connectivity index is 1.98. The van der Waals surface area contributed by atoms with E-state index in [0.717, 1.165) is 0 Å². The topological polar surface area (TPSA) is 344 Å². The molecule has 22 heteroatoms. The van der Waals surface area contributed by atoms with Crippen molar-refractivity contribution >= 4 is 81.9 Å². The zero-order valence-corrected chi connectivity index (χ0v) is 36.4. The average molecular weight is 898 g/mol. The molecule has 0 aliphatic carbocycles. The molecule has 0 bridgehead atoms. The van der Waals surface area contributed by atoms with Gasteiger partial charge in [0.05, 0.1) is 43.7 Å². The fraction of sp³-hybridized carbons (Fsp3) is 0.400. The Morgan fingerprint density at radius 1 is 0.629 bits per heavy atom. The number of thioether (sulfide) groups is 2. The summed E-state index contributed by atoms with van der Waals surface area (Å²) in [6.45, 7) is 3.49. The largest absolute Gasteiger partial charge is 0.491 e. The molecule has 0 spiro atoms. The molecule has 0 atom stereocenters. The van der Waals surface area contributed by atoms with Gasteiger partial charge in [0.25, 0.3) is 11.8 Å². The second-order valence-electron chi connectivity index (χ2n) is 13.2. The van der Waals surface area contributed by atoms with E-state index in [-0.39, 0.29) is 73.1 Å². The maximum absolute atomic E-state index is 14.3. The monoisotopic (exact) mass is 897 g/mol. The number of carbonyl (C=O) groups is 5. The average Bonchev–Trinajstić information content (AvgIpc) is 3.23. The molecular weight excluding hydrogens is 839 g/mol. The first-order valence-corrected chi connectivity index (χ1v) is 21.9. The molecule has 0 unspecified atom stereocenters. The van der Waals surface area contributed by atoms with Crippen molar-refractivity contribution in [1.29, 1.82) is 0 Å². The molecule has 6 amide bonds. The summed E-state index contributed by atoms with van der Waals surface area (Å²) < 4.78 is 11.8. The van der Waals surface area contributed by atoms with Crippen molar-refractivity contribution in [2.45, 2.75) is 42.4 Å². The summed E-state index contributed by atoms with van der Waals surface area (Å²) in [6, 6.07) is 12.4. The Morgan fingerprint density at radius 2 is 1.13 bits per heavy atom. The van der Waals surface area contributed by atoms with Crippen LogP contribution in [-0.2, 0) is 9.59 Å². The second kappa shape index (κ2) is 27.9. The van der Waals surface area contributed by atoms with Gasteiger partial charge in [0, 0.05) is 76.7 Å². The molecule has 0 heterocycles. The van der Waals surface area contributed by atoms with Gasteiger partial charge in [0.1, 0.15) is 24.7 Å². The predicted molar refractivity (Wildman–Crippen MR) is 247 cm³/mol. The van der Waals surface area contributed by atoms with Crippen molar-refractivity contribution in [3.8, 4) is 11.5 Å². The van der Waals surface area contributed by atoms with Crippen LogP contribution in [0.15, 0.2) is 63.3 Å². The van der Waals surface area contributed by atoms with Gasteiger partial charge in [-0.15, -0.1) is 23.5 Å². The van der Waals surface area contributed by atoms with E-state index < -0.39 is 17.8 Å². The summed E-state index contributed by atoms with van der Waals surface area (Å²) in [4.78, 5) is 70.5. The molecular formula is C40H59N13O7S2. The third-order valence-electron chi connectivity index (χ3n) is 8.22. The molecule has 20 nitrogen and oxygen atoms in total. The number of unbranched alkanes of at least 4 members (excludes halogenated alkanes) is 1. The molecule has 0 aliphatic rings. The van der Waals surface area contributed by atoms with E-state index in [1.54, 1.807) is 36.4 Å². The Labute approximate surface area is 369 Å². The summed E-state index contributed by atoms with van der Waals surface area (Å²) >= 11 is 2.67. The lowest BCUT2D eigenvalue weighted by atomic mass is 10.1. The smallest absolute Gasteiger partial charge is 0.319 e. The van der Waals surface area contributed by atoms with E-state index in [2.05, 4.69) is 36.9 Å². The molecule has 0 saturated carbocycles. The van der Waals surface area contributed by atoms with E-state index in [1.165, 1.54) is 42.6 Å². The molecule has 0 fully saturated rings. The Kier molecular flexibility index (Phi) is 22.8. The van der Waals surface area contributed by atoms with E-state index >= 15 is 0 Å². The van der Waals surface area contributed by atoms with Crippen LogP contribution in [0.2, 0.25) is 0 Å². The minimum Gasteiger partial charge on any atom is -0.491 e. The molecule has 0 aromatic heterocycles. The number of amides is 6. The summed E-state index contributed by atoms with van der Waals surface area (Å²) in [5, 5.41) is 17.0. The normalized spacial score (nSPS) is 10.6. The van der Waals surface area contributed by atoms with Crippen LogP contribution in [0.3, 0.4) is 0 Å². The highest BCUT2D eigenvalue weighted by Gasteiger charge is 2.25. The standard InChI is InChI=1S/C40H59N13O7S2/c1-25(54)47-17-6-18-49-40(58)53-31-10-5-9-30(36(31)62-22-15-44)52-38(57)27-23-26(32(59-19-12-41)24-33(27)60-20-13-42)37(56)51-29-8-4-7-28(35(29)61-21-14-43)50-34(55)11-2-3-16-48-39(45)46/h4-5,7-10,23-24H,2-3,6,11-22,41-44H2,1H3,(H,47,54)(H,50,55)(H,51,56)(H,52,57)(H4,45,46,48)(H2,49,53,58). The molecule has 0 aliphatic heterocycles. The fourth-order valence-corrected chi connectivity index (χ4v) is 7.25. The number of nitrogens with one attached hydrogen (secondary N) is 6. The highest BCUT2D eigenvalue weighted by molar-refractivity contribution is 7.99. The number of carbonyl (C=O) groups excluding carboxylic acids is 5. The lowest BCUT2D eigenvalue weighted by Gasteiger charge is -2.20. The number of guanidine groups is 1. The number of nitrogens with zero attached hydrogens (tertiary/aromatic N) is 1. The van der Waals surface area contributed by atoms with Gasteiger partial charge in [-0.25, -0.2) is 4.79 Å². The minimum atomic E-state index is -0.646. The molecule has 0 saturated heterocycles. The number of ether oxygens (including phenoxy) is 2. The summed E-state index contributed by atoms with van der Waals surface area (Å²) in [5.74, 6) is -0.585. The van der Waals surface area contributed by atoms with Crippen molar-refractivity contribution in [3.63, 3.8) is 0 Å². The first kappa shape index (κ1) is 50.6. The number of hydrogen-bond donors (Lipinski definition) is 12. The minimum absolute atomic E-state index is 0.0115. The molecule has 338 valence electrons. The third kappa shape index (κ3) is 17.3. The van der Waals surface area contributed by atoms with Crippen LogP contribution < -0.4 is 75.8 Å². The zero-order valence-electron chi connectivity index (χ0n) is 34.8. The summed E-state index contributed by atoms with van der Waals surface area (Å²) in [6.07, 6.45) is 1.90. The highest BCUT2D eigenvalue weighted by atomic mass is 32.2. The molecule has 18 N–H and O–H groups in total. The number of anilines is 4. The molecule has 3 rings (SSSR count). The SMILES string of the molecule is CC(=O)NCCCNC(=O)Nc1cccc(NC(=O)c2cc(C(=O)Nc3cccc(NC(=O)CCCCN=C(N)N)c3SCCN)c(OCCN)cc2OCCN)c1SCCN. The van der Waals surface area contributed by atoms with Crippen molar-refractivity contribution in [2.75, 3.05) is 91.8 Å². The van der Waals surface area contributed by atoms with Crippen LogP contribution in [0, 0.1) is 0 Å². The first-order valence-electron chi connectivity index (χ1n) is 19.9. The van der Waals surface area contributed by atoms with Gasteiger partial charge in [-0.1, -0.05) is 12.1 Å². The maximum atomic E-state index is 14.3.